The molecule has 0 spiro atoms. The first-order chi connectivity index (χ1) is 15.0. The highest BCUT2D eigenvalue weighted by Gasteiger charge is 2.08. The number of anilines is 2. The third-order valence-corrected chi connectivity index (χ3v) is 4.85. The maximum Gasteiger partial charge on any atom is 0.323 e. The lowest BCUT2D eigenvalue weighted by Gasteiger charge is -2.10. The third-order valence-electron chi connectivity index (χ3n) is 4.85. The van der Waals surface area contributed by atoms with E-state index < -0.39 is 0 Å². The van der Waals surface area contributed by atoms with E-state index in [0.717, 1.165) is 22.6 Å². The molecule has 0 atom stereocenters. The highest BCUT2D eigenvalue weighted by Crippen LogP contribution is 2.22. The number of amides is 2. The molecular weight excluding hydrogens is 392 g/mol. The van der Waals surface area contributed by atoms with Gasteiger partial charge in [-0.15, -0.1) is 10.2 Å². The Balaban J connectivity index is 1.36. The number of hydrogen-bond donors (Lipinski definition) is 2. The molecule has 0 aliphatic heterocycles. The van der Waals surface area contributed by atoms with Crippen molar-refractivity contribution in [1.82, 2.24) is 19.7 Å². The van der Waals surface area contributed by atoms with Crippen LogP contribution < -0.4 is 15.4 Å². The molecule has 0 aliphatic rings. The summed E-state index contributed by atoms with van der Waals surface area (Å²) in [6.45, 7) is 5.86. The van der Waals surface area contributed by atoms with Crippen LogP contribution in [0.3, 0.4) is 0 Å². The monoisotopic (exact) mass is 414 g/mol. The molecule has 2 heterocycles. The molecule has 0 aliphatic carbocycles. The largest absolute Gasteiger partial charge is 0.438 e. The van der Waals surface area contributed by atoms with Gasteiger partial charge in [0.25, 0.3) is 0 Å². The van der Waals surface area contributed by atoms with Crippen molar-refractivity contribution in [3.63, 3.8) is 0 Å². The summed E-state index contributed by atoms with van der Waals surface area (Å²) in [7, 11) is 0. The predicted octanol–water partition coefficient (Wildman–Crippen LogP) is 5.02. The number of ether oxygens (including phenoxy) is 1. The number of nitrogens with one attached hydrogen (secondary N) is 2. The van der Waals surface area contributed by atoms with Crippen LogP contribution in [0.5, 0.6) is 11.6 Å². The third kappa shape index (κ3) is 4.69. The Morgan fingerprint density at radius 3 is 2.32 bits per heavy atom. The summed E-state index contributed by atoms with van der Waals surface area (Å²) in [6.07, 6.45) is 1.72. The molecule has 0 radical (unpaired) electrons. The van der Waals surface area contributed by atoms with Gasteiger partial charge in [-0.25, -0.2) is 9.78 Å². The second-order valence-corrected chi connectivity index (χ2v) is 7.04. The fraction of sp³-hybridized carbons (Fsp3) is 0.130. The minimum absolute atomic E-state index is 0.311. The fourth-order valence-electron chi connectivity index (χ4n) is 2.95. The van der Waals surface area contributed by atoms with Gasteiger partial charge in [0.1, 0.15) is 12.1 Å². The molecule has 2 N–H and O–H groups in total. The predicted molar refractivity (Wildman–Crippen MR) is 119 cm³/mol. The molecule has 4 aromatic rings. The minimum atomic E-state index is -0.311. The van der Waals surface area contributed by atoms with E-state index in [2.05, 4.69) is 25.8 Å². The average Bonchev–Trinajstić information content (AvgIpc) is 3.10. The smallest absolute Gasteiger partial charge is 0.323 e. The van der Waals surface area contributed by atoms with Crippen molar-refractivity contribution < 1.29 is 9.53 Å². The Morgan fingerprint density at radius 1 is 0.903 bits per heavy atom. The quantitative estimate of drug-likeness (QED) is 0.478. The van der Waals surface area contributed by atoms with E-state index in [1.165, 1.54) is 0 Å². The summed E-state index contributed by atoms with van der Waals surface area (Å²) in [4.78, 5) is 16.5. The lowest BCUT2D eigenvalue weighted by atomic mass is 10.2. The van der Waals surface area contributed by atoms with E-state index >= 15 is 0 Å². The summed E-state index contributed by atoms with van der Waals surface area (Å²) in [5, 5.41) is 14.0. The molecule has 0 fully saturated rings. The molecule has 156 valence electrons. The number of rotatable bonds is 5. The van der Waals surface area contributed by atoms with Crippen LogP contribution in [0.1, 0.15) is 17.0 Å². The zero-order chi connectivity index (χ0) is 21.8. The standard InChI is InChI=1S/C23H22N6O2/c1-15-6-4-5-7-20(15)26-23(30)25-18-8-10-19(11-9-18)31-22-13-12-21(27-28-22)29-14-24-16(2)17(29)3/h4-14H,1-3H3,(H2,25,26,30). The summed E-state index contributed by atoms with van der Waals surface area (Å²) < 4.78 is 7.62. The zero-order valence-corrected chi connectivity index (χ0v) is 17.5. The zero-order valence-electron chi connectivity index (χ0n) is 17.5. The van der Waals surface area contributed by atoms with E-state index in [4.69, 9.17) is 4.74 Å². The maximum atomic E-state index is 12.2. The van der Waals surface area contributed by atoms with Gasteiger partial charge >= 0.3 is 6.03 Å². The minimum Gasteiger partial charge on any atom is -0.438 e. The number of urea groups is 1. The molecule has 2 amide bonds. The fourth-order valence-corrected chi connectivity index (χ4v) is 2.95. The number of aromatic nitrogens is 4. The van der Waals surface area contributed by atoms with Crippen LogP contribution in [0, 0.1) is 20.8 Å². The number of carbonyl (C=O) groups excluding carboxylic acids is 1. The van der Waals surface area contributed by atoms with Gasteiger partial charge in [-0.05, 0) is 62.7 Å². The van der Waals surface area contributed by atoms with Crippen LogP contribution in [0.15, 0.2) is 67.0 Å². The van der Waals surface area contributed by atoms with Crippen LogP contribution in [0.4, 0.5) is 16.2 Å². The van der Waals surface area contributed by atoms with Gasteiger partial charge in [0.2, 0.25) is 5.88 Å². The Morgan fingerprint density at radius 2 is 1.68 bits per heavy atom. The normalized spacial score (nSPS) is 10.5. The molecule has 8 nitrogen and oxygen atoms in total. The van der Waals surface area contributed by atoms with Crippen molar-refractivity contribution in [1.29, 1.82) is 0 Å². The van der Waals surface area contributed by atoms with Crippen molar-refractivity contribution in [2.24, 2.45) is 0 Å². The van der Waals surface area contributed by atoms with E-state index in [0.29, 0.717) is 23.1 Å². The Labute approximate surface area is 179 Å². The topological polar surface area (TPSA) is 94.0 Å². The number of nitrogens with zero attached hydrogens (tertiary/aromatic N) is 4. The number of benzene rings is 2. The molecule has 0 unspecified atom stereocenters. The van der Waals surface area contributed by atoms with Gasteiger partial charge in [0.05, 0.1) is 5.69 Å². The Hall–Kier alpha value is -4.20. The summed E-state index contributed by atoms with van der Waals surface area (Å²) in [5.41, 5.74) is 4.36. The number of aryl methyl sites for hydroxylation is 2. The Bertz CT molecular complexity index is 1200. The van der Waals surface area contributed by atoms with Crippen molar-refractivity contribution in [2.45, 2.75) is 20.8 Å². The highest BCUT2D eigenvalue weighted by molar-refractivity contribution is 6.00. The molecular formula is C23H22N6O2. The van der Waals surface area contributed by atoms with Gasteiger partial charge in [-0.1, -0.05) is 18.2 Å². The first-order valence-corrected chi connectivity index (χ1v) is 9.76. The lowest BCUT2D eigenvalue weighted by molar-refractivity contribution is 0.262. The van der Waals surface area contributed by atoms with Gasteiger partial charge < -0.3 is 15.4 Å². The van der Waals surface area contributed by atoms with Crippen molar-refractivity contribution >= 4 is 17.4 Å². The van der Waals surface area contributed by atoms with Gasteiger partial charge in [-0.2, -0.15) is 0 Å². The second kappa shape index (κ2) is 8.66. The van der Waals surface area contributed by atoms with Crippen molar-refractivity contribution in [2.75, 3.05) is 10.6 Å². The second-order valence-electron chi connectivity index (χ2n) is 7.04. The first kappa shape index (κ1) is 20.1. The van der Waals surface area contributed by atoms with Crippen LogP contribution in [0.25, 0.3) is 5.82 Å². The lowest BCUT2D eigenvalue weighted by Crippen LogP contribution is -2.19. The van der Waals surface area contributed by atoms with E-state index in [-0.39, 0.29) is 6.03 Å². The number of para-hydroxylation sites is 1. The molecule has 2 aromatic heterocycles. The maximum absolute atomic E-state index is 12.2. The molecule has 0 bridgehead atoms. The molecule has 8 heteroatoms. The molecule has 0 saturated carbocycles. The Kier molecular flexibility index (Phi) is 5.61. The summed E-state index contributed by atoms with van der Waals surface area (Å²) in [5.74, 6) is 1.63. The van der Waals surface area contributed by atoms with Gasteiger partial charge in [-0.3, -0.25) is 4.57 Å². The first-order valence-electron chi connectivity index (χ1n) is 9.76. The molecule has 4 rings (SSSR count). The summed E-state index contributed by atoms with van der Waals surface area (Å²) in [6, 6.07) is 17.9. The van der Waals surface area contributed by atoms with E-state index in [1.54, 1.807) is 36.7 Å². The van der Waals surface area contributed by atoms with Crippen molar-refractivity contribution in [3.05, 3.63) is 83.9 Å². The molecule has 2 aromatic carbocycles. The molecule has 31 heavy (non-hydrogen) atoms. The highest BCUT2D eigenvalue weighted by atomic mass is 16.5. The summed E-state index contributed by atoms with van der Waals surface area (Å²) >= 11 is 0. The number of imidazole rings is 1. The molecule has 0 saturated heterocycles. The van der Waals surface area contributed by atoms with Crippen molar-refractivity contribution in [3.8, 4) is 17.4 Å². The van der Waals surface area contributed by atoms with E-state index in [1.807, 2.05) is 55.7 Å². The van der Waals surface area contributed by atoms with Crippen LogP contribution in [0.2, 0.25) is 0 Å². The number of hydrogen-bond acceptors (Lipinski definition) is 5. The van der Waals surface area contributed by atoms with Crippen LogP contribution in [-0.4, -0.2) is 25.8 Å². The number of carbonyl (C=O) groups is 1. The van der Waals surface area contributed by atoms with Gasteiger partial charge in [0.15, 0.2) is 5.82 Å². The van der Waals surface area contributed by atoms with Crippen LogP contribution >= 0.6 is 0 Å². The average molecular weight is 414 g/mol. The van der Waals surface area contributed by atoms with E-state index in [9.17, 15) is 4.79 Å². The van der Waals surface area contributed by atoms with Gasteiger partial charge in [0, 0.05) is 23.1 Å². The van der Waals surface area contributed by atoms with Crippen LogP contribution in [-0.2, 0) is 0 Å². The SMILES string of the molecule is Cc1ccccc1NC(=O)Nc1ccc(Oc2ccc(-n3cnc(C)c3C)nn2)cc1.